The van der Waals surface area contributed by atoms with E-state index < -0.39 is 6.04 Å². The third-order valence-electron chi connectivity index (χ3n) is 3.29. The zero-order valence-corrected chi connectivity index (χ0v) is 11.4. The van der Waals surface area contributed by atoms with E-state index in [0.717, 1.165) is 13.0 Å². The lowest BCUT2D eigenvalue weighted by Gasteiger charge is -2.32. The van der Waals surface area contributed by atoms with Gasteiger partial charge in [-0.2, -0.15) is 0 Å². The van der Waals surface area contributed by atoms with Gasteiger partial charge in [-0.25, -0.2) is 0 Å². The van der Waals surface area contributed by atoms with Crippen molar-refractivity contribution < 1.29 is 9.53 Å². The molecule has 0 radical (unpaired) electrons. The molecule has 16 heavy (non-hydrogen) atoms. The van der Waals surface area contributed by atoms with E-state index in [-0.39, 0.29) is 11.4 Å². The Labute approximate surface area is 99.1 Å². The van der Waals surface area contributed by atoms with E-state index in [1.165, 1.54) is 7.11 Å². The van der Waals surface area contributed by atoms with Gasteiger partial charge in [0.2, 0.25) is 0 Å². The van der Waals surface area contributed by atoms with Crippen LogP contribution in [0.4, 0.5) is 0 Å². The van der Waals surface area contributed by atoms with E-state index in [1.54, 1.807) is 0 Å². The van der Waals surface area contributed by atoms with Crippen LogP contribution in [0.2, 0.25) is 0 Å². The Morgan fingerprint density at radius 2 is 1.94 bits per heavy atom. The van der Waals surface area contributed by atoms with Crippen LogP contribution < -0.4 is 5.73 Å². The fraction of sp³-hybridized carbons (Fsp3) is 0.917. The van der Waals surface area contributed by atoms with Crippen molar-refractivity contribution in [1.29, 1.82) is 0 Å². The van der Waals surface area contributed by atoms with Gasteiger partial charge >= 0.3 is 5.97 Å². The molecule has 2 N–H and O–H groups in total. The molecule has 0 rings (SSSR count). The number of methoxy groups -OCH3 is 1. The molecule has 4 nitrogen and oxygen atoms in total. The summed E-state index contributed by atoms with van der Waals surface area (Å²) in [6.45, 7) is 9.22. The summed E-state index contributed by atoms with van der Waals surface area (Å²) in [5.41, 5.74) is 5.63. The number of hydrogen-bond acceptors (Lipinski definition) is 4. The van der Waals surface area contributed by atoms with Crippen LogP contribution in [-0.4, -0.2) is 43.7 Å². The molecule has 0 aromatic heterocycles. The Morgan fingerprint density at radius 1 is 1.44 bits per heavy atom. The Balaban J connectivity index is 4.29. The Hall–Kier alpha value is -0.610. The predicted molar refractivity (Wildman–Crippen MR) is 66.2 cm³/mol. The van der Waals surface area contributed by atoms with Crippen LogP contribution in [0.3, 0.4) is 0 Å². The number of esters is 1. The molecule has 0 bridgehead atoms. The van der Waals surface area contributed by atoms with Gasteiger partial charge in [0.05, 0.1) is 7.11 Å². The first kappa shape index (κ1) is 15.4. The third-order valence-corrected chi connectivity index (χ3v) is 3.29. The number of carbonyl (C=O) groups is 1. The summed E-state index contributed by atoms with van der Waals surface area (Å²) in [5, 5.41) is 0. The SMILES string of the molecule is COC(=O)C(N)C(C)(C)CCN(C)C(C)C. The van der Waals surface area contributed by atoms with E-state index in [2.05, 4.69) is 30.5 Å². The normalized spacial score (nSPS) is 14.3. The first-order valence-electron chi connectivity index (χ1n) is 5.76. The lowest BCUT2D eigenvalue weighted by Crippen LogP contribution is -2.46. The average molecular weight is 230 g/mol. The van der Waals surface area contributed by atoms with Crippen LogP contribution in [0.25, 0.3) is 0 Å². The van der Waals surface area contributed by atoms with Crippen molar-refractivity contribution in [3.8, 4) is 0 Å². The molecule has 0 fully saturated rings. The maximum Gasteiger partial charge on any atom is 0.323 e. The molecule has 0 aliphatic carbocycles. The van der Waals surface area contributed by atoms with Crippen LogP contribution >= 0.6 is 0 Å². The number of nitrogens with two attached hydrogens (primary N) is 1. The van der Waals surface area contributed by atoms with Gasteiger partial charge in [0.25, 0.3) is 0 Å². The molecule has 0 heterocycles. The molecule has 0 amide bonds. The van der Waals surface area contributed by atoms with Gasteiger partial charge in [0.15, 0.2) is 0 Å². The van der Waals surface area contributed by atoms with Crippen LogP contribution in [0.5, 0.6) is 0 Å². The van der Waals surface area contributed by atoms with Gasteiger partial charge in [0, 0.05) is 6.04 Å². The molecule has 0 spiro atoms. The van der Waals surface area contributed by atoms with Gasteiger partial charge in [-0.3, -0.25) is 4.79 Å². The second-order valence-electron chi connectivity index (χ2n) is 5.31. The van der Waals surface area contributed by atoms with Crippen molar-refractivity contribution in [2.45, 2.75) is 46.2 Å². The van der Waals surface area contributed by atoms with E-state index in [0.29, 0.717) is 6.04 Å². The quantitative estimate of drug-likeness (QED) is 0.698. The lowest BCUT2D eigenvalue weighted by atomic mass is 9.81. The largest absolute Gasteiger partial charge is 0.468 e. The molecular weight excluding hydrogens is 204 g/mol. The molecule has 4 heteroatoms. The first-order chi connectivity index (χ1) is 7.22. The maximum absolute atomic E-state index is 11.4. The van der Waals surface area contributed by atoms with Gasteiger partial charge in [-0.05, 0) is 39.3 Å². The number of hydrogen-bond donors (Lipinski definition) is 1. The summed E-state index contributed by atoms with van der Waals surface area (Å²) in [5.74, 6) is -0.336. The van der Waals surface area contributed by atoms with Gasteiger partial charge < -0.3 is 15.4 Å². The summed E-state index contributed by atoms with van der Waals surface area (Å²) in [7, 11) is 3.45. The smallest absolute Gasteiger partial charge is 0.323 e. The zero-order valence-electron chi connectivity index (χ0n) is 11.4. The molecule has 0 aromatic rings. The summed E-state index contributed by atoms with van der Waals surface area (Å²) in [4.78, 5) is 13.6. The lowest BCUT2D eigenvalue weighted by molar-refractivity contribution is -0.145. The van der Waals surface area contributed by atoms with Crippen molar-refractivity contribution in [2.24, 2.45) is 11.1 Å². The minimum Gasteiger partial charge on any atom is -0.468 e. The second-order valence-corrected chi connectivity index (χ2v) is 5.31. The molecule has 1 unspecified atom stereocenters. The van der Waals surface area contributed by atoms with Gasteiger partial charge in [-0.15, -0.1) is 0 Å². The van der Waals surface area contributed by atoms with Crippen LogP contribution in [0.15, 0.2) is 0 Å². The zero-order chi connectivity index (χ0) is 12.9. The molecule has 96 valence electrons. The summed E-state index contributed by atoms with van der Waals surface area (Å²) >= 11 is 0. The molecule has 0 saturated heterocycles. The molecule has 1 atom stereocenters. The monoisotopic (exact) mass is 230 g/mol. The van der Waals surface area contributed by atoms with E-state index in [4.69, 9.17) is 5.73 Å². The van der Waals surface area contributed by atoms with E-state index in [1.807, 2.05) is 13.8 Å². The standard InChI is InChI=1S/C12H26N2O2/c1-9(2)14(5)8-7-12(3,4)10(13)11(15)16-6/h9-10H,7-8,13H2,1-6H3. The van der Waals surface area contributed by atoms with Gasteiger partial charge in [-0.1, -0.05) is 13.8 Å². The van der Waals surface area contributed by atoms with Crippen LogP contribution in [-0.2, 0) is 9.53 Å². The summed E-state index contributed by atoms with van der Waals surface area (Å²) < 4.78 is 4.68. The van der Waals surface area contributed by atoms with Gasteiger partial charge in [0.1, 0.15) is 6.04 Å². The number of rotatable bonds is 6. The highest BCUT2D eigenvalue weighted by Crippen LogP contribution is 2.25. The van der Waals surface area contributed by atoms with E-state index in [9.17, 15) is 4.79 Å². The number of carbonyl (C=O) groups excluding carboxylic acids is 1. The summed E-state index contributed by atoms with van der Waals surface area (Å²) in [6, 6.07) is -0.0526. The molecule has 0 saturated carbocycles. The van der Waals surface area contributed by atoms with Crippen molar-refractivity contribution in [1.82, 2.24) is 4.90 Å². The van der Waals surface area contributed by atoms with E-state index >= 15 is 0 Å². The van der Waals surface area contributed by atoms with Crippen molar-refractivity contribution in [3.63, 3.8) is 0 Å². The predicted octanol–water partition coefficient (Wildman–Crippen LogP) is 1.24. The fourth-order valence-electron chi connectivity index (χ4n) is 1.32. The highest BCUT2D eigenvalue weighted by atomic mass is 16.5. The molecule has 0 aliphatic heterocycles. The Kier molecular flexibility index (Phi) is 5.97. The highest BCUT2D eigenvalue weighted by molar-refractivity contribution is 5.76. The minimum atomic E-state index is -0.557. The van der Waals surface area contributed by atoms with Crippen LogP contribution in [0.1, 0.15) is 34.1 Å². The number of ether oxygens (including phenoxy) is 1. The van der Waals surface area contributed by atoms with Crippen molar-refractivity contribution in [3.05, 3.63) is 0 Å². The minimum absolute atomic E-state index is 0.240. The Bertz CT molecular complexity index is 227. The molecule has 0 aromatic carbocycles. The summed E-state index contributed by atoms with van der Waals surface area (Å²) in [6.07, 6.45) is 0.873. The molecular formula is C12H26N2O2. The topological polar surface area (TPSA) is 55.6 Å². The fourth-order valence-corrected chi connectivity index (χ4v) is 1.32. The van der Waals surface area contributed by atoms with Crippen LogP contribution in [0, 0.1) is 5.41 Å². The van der Waals surface area contributed by atoms with Crippen molar-refractivity contribution in [2.75, 3.05) is 20.7 Å². The second kappa shape index (κ2) is 6.21. The highest BCUT2D eigenvalue weighted by Gasteiger charge is 2.32. The molecule has 0 aliphatic rings. The van der Waals surface area contributed by atoms with Crippen molar-refractivity contribution >= 4 is 5.97 Å². The number of nitrogens with zero attached hydrogens (tertiary/aromatic N) is 1. The first-order valence-corrected chi connectivity index (χ1v) is 5.76. The maximum atomic E-state index is 11.4. The average Bonchev–Trinajstić information content (AvgIpc) is 2.23. The Morgan fingerprint density at radius 3 is 2.31 bits per heavy atom. The third kappa shape index (κ3) is 4.49.